The molecule has 0 amide bonds. The molecule has 8 bridgehead atoms. The number of thioether (sulfide) groups is 1. The number of ether oxygens (including phenoxy) is 2. The number of rotatable bonds is 1. The van der Waals surface area contributed by atoms with Crippen molar-refractivity contribution in [2.24, 2.45) is 14.1 Å². The predicted molar refractivity (Wildman–Crippen MR) is 190 cm³/mol. The van der Waals surface area contributed by atoms with Gasteiger partial charge in [0.2, 0.25) is 0 Å². The number of carbonyl (C=O) groups excluding carboxylic acids is 1. The van der Waals surface area contributed by atoms with Crippen LogP contribution < -0.4 is 4.74 Å². The third kappa shape index (κ3) is 5.86. The van der Waals surface area contributed by atoms with Crippen molar-refractivity contribution in [1.29, 1.82) is 0 Å². The summed E-state index contributed by atoms with van der Waals surface area (Å²) in [6.07, 6.45) is 1.77. The fourth-order valence-electron chi connectivity index (χ4n) is 7.02. The summed E-state index contributed by atoms with van der Waals surface area (Å²) < 4.78 is 46.7. The second-order valence-corrected chi connectivity index (χ2v) is 13.9. The monoisotopic (exact) mass is 703 g/mol. The van der Waals surface area contributed by atoms with Crippen LogP contribution in [0.2, 0.25) is 5.02 Å². The molecule has 12 heteroatoms. The minimum atomic E-state index is -0.904. The summed E-state index contributed by atoms with van der Waals surface area (Å²) in [6.45, 7) is 4.66. The Morgan fingerprint density at radius 1 is 0.980 bits per heavy atom. The van der Waals surface area contributed by atoms with Crippen LogP contribution in [-0.4, -0.2) is 43.8 Å². The minimum absolute atomic E-state index is 0.182. The van der Waals surface area contributed by atoms with E-state index in [0.717, 1.165) is 62.0 Å². The van der Waals surface area contributed by atoms with Gasteiger partial charge in [-0.1, -0.05) is 11.6 Å². The van der Waals surface area contributed by atoms with E-state index in [-0.39, 0.29) is 12.0 Å². The number of methoxy groups -OCH3 is 1. The smallest absolute Gasteiger partial charge is 0.354 e. The van der Waals surface area contributed by atoms with Gasteiger partial charge < -0.3 is 14.0 Å². The molecule has 7 rings (SSSR count). The summed E-state index contributed by atoms with van der Waals surface area (Å²) in [4.78, 5) is 13.3. The first-order valence-electron chi connectivity index (χ1n) is 16.1. The predicted octanol–water partition coefficient (Wildman–Crippen LogP) is 8.26. The van der Waals surface area contributed by atoms with Crippen LogP contribution in [0.4, 0.5) is 8.78 Å². The van der Waals surface area contributed by atoms with E-state index in [4.69, 9.17) is 31.3 Å². The number of halogens is 3. The summed E-state index contributed by atoms with van der Waals surface area (Å²) in [5.74, 6) is -0.476. The average molecular weight is 704 g/mol. The van der Waals surface area contributed by atoms with Crippen LogP contribution in [0.3, 0.4) is 0 Å². The molecule has 0 atom stereocenters. The summed E-state index contributed by atoms with van der Waals surface area (Å²) in [5.41, 5.74) is 8.51. The molecule has 3 aromatic heterocycles. The van der Waals surface area contributed by atoms with Crippen molar-refractivity contribution < 1.29 is 23.0 Å². The van der Waals surface area contributed by atoms with Crippen molar-refractivity contribution in [2.75, 3.05) is 13.7 Å². The van der Waals surface area contributed by atoms with E-state index in [1.165, 1.54) is 7.11 Å². The zero-order chi connectivity index (χ0) is 34.6. The Labute approximate surface area is 291 Å². The maximum absolute atomic E-state index is 15.1. The fourth-order valence-corrected chi connectivity index (χ4v) is 8.12. The second kappa shape index (κ2) is 13.2. The molecule has 254 valence electrons. The van der Waals surface area contributed by atoms with E-state index in [2.05, 4.69) is 6.07 Å². The van der Waals surface area contributed by atoms with Crippen LogP contribution >= 0.6 is 23.4 Å². The summed E-state index contributed by atoms with van der Waals surface area (Å²) in [6, 6.07) is 12.2. The van der Waals surface area contributed by atoms with Crippen LogP contribution in [0.25, 0.3) is 32.8 Å². The van der Waals surface area contributed by atoms with Crippen LogP contribution in [-0.2, 0) is 49.7 Å². The maximum Gasteiger partial charge on any atom is 0.354 e. The number of esters is 1. The molecule has 4 heterocycles. The molecular formula is C37H36ClF2N5O3S. The van der Waals surface area contributed by atoms with Gasteiger partial charge in [0.1, 0.15) is 11.4 Å². The highest BCUT2D eigenvalue weighted by Gasteiger charge is 2.27. The first kappa shape index (κ1) is 33.2. The number of benzene rings is 3. The molecule has 1 aliphatic heterocycles. The van der Waals surface area contributed by atoms with E-state index < -0.39 is 17.6 Å². The van der Waals surface area contributed by atoms with Gasteiger partial charge in [-0.3, -0.25) is 9.36 Å². The second-order valence-electron chi connectivity index (χ2n) is 12.5. The molecule has 0 saturated heterocycles. The SMILES string of the molecule is COC(=O)c1c(C)c2c3c(Cl)ccc2n1CCCOc1cc(cc2c(F)c(F)ccc12)CCc1cc(nn1C)CSCc1nn(C)c(C)c1-3. The molecule has 0 spiro atoms. The minimum Gasteiger partial charge on any atom is -0.493 e. The molecule has 49 heavy (non-hydrogen) atoms. The Balaban J connectivity index is 1.37. The van der Waals surface area contributed by atoms with Gasteiger partial charge in [0.05, 0.1) is 25.1 Å². The lowest BCUT2D eigenvalue weighted by Gasteiger charge is -2.15. The van der Waals surface area contributed by atoms with Crippen molar-refractivity contribution in [1.82, 2.24) is 24.1 Å². The van der Waals surface area contributed by atoms with Gasteiger partial charge >= 0.3 is 5.97 Å². The van der Waals surface area contributed by atoms with Gasteiger partial charge in [-0.2, -0.15) is 10.2 Å². The Kier molecular flexibility index (Phi) is 8.91. The van der Waals surface area contributed by atoms with E-state index in [1.54, 1.807) is 23.9 Å². The van der Waals surface area contributed by atoms with Crippen molar-refractivity contribution in [2.45, 2.75) is 51.2 Å². The fraction of sp³-hybridized carbons (Fsp3) is 0.324. The van der Waals surface area contributed by atoms with Crippen LogP contribution in [0.15, 0.2) is 42.5 Å². The molecule has 0 aliphatic carbocycles. The molecule has 6 aromatic rings. The van der Waals surface area contributed by atoms with Gasteiger partial charge in [-0.25, -0.2) is 13.6 Å². The first-order chi connectivity index (χ1) is 23.6. The molecular weight excluding hydrogens is 668 g/mol. The molecule has 0 unspecified atom stereocenters. The van der Waals surface area contributed by atoms with Gasteiger partial charge in [-0.15, -0.1) is 11.8 Å². The van der Waals surface area contributed by atoms with Crippen molar-refractivity contribution >= 4 is 51.0 Å². The average Bonchev–Trinajstić information content (AvgIpc) is 3.68. The molecule has 0 fully saturated rings. The van der Waals surface area contributed by atoms with Crippen molar-refractivity contribution in [3.63, 3.8) is 0 Å². The molecule has 1 aliphatic rings. The first-order valence-corrected chi connectivity index (χ1v) is 17.7. The Morgan fingerprint density at radius 2 is 1.80 bits per heavy atom. The third-order valence-corrected chi connectivity index (χ3v) is 10.8. The van der Waals surface area contributed by atoms with Crippen molar-refractivity contribution in [3.05, 3.63) is 98.7 Å². The zero-order valence-electron chi connectivity index (χ0n) is 28.0. The number of carbonyl (C=O) groups is 1. The van der Waals surface area contributed by atoms with E-state index in [9.17, 15) is 9.18 Å². The van der Waals surface area contributed by atoms with Crippen molar-refractivity contribution in [3.8, 4) is 16.9 Å². The van der Waals surface area contributed by atoms with E-state index in [1.807, 2.05) is 60.1 Å². The highest BCUT2D eigenvalue weighted by Crippen LogP contribution is 2.43. The lowest BCUT2D eigenvalue weighted by atomic mass is 9.97. The Morgan fingerprint density at radius 3 is 2.59 bits per heavy atom. The molecule has 8 nitrogen and oxygen atoms in total. The standard InChI is InChI=1S/C37H36ClF2N5O3S/c1-20-32-30-12-10-27(38)34(32)33-21(2)43(3)42-29(33)19-49-18-23-17-24(44(4)41-23)8-7-22-15-26-25(9-11-28(39)35(26)40)31(16-22)48-14-6-13-45(30)36(20)37(46)47-5/h9-12,15-17H,6-8,13-14,18-19H2,1-5H3. The number of fused-ring (bicyclic) bond motifs is 8. The summed E-state index contributed by atoms with van der Waals surface area (Å²) in [5, 5.41) is 11.8. The Bertz CT molecular complexity index is 2270. The molecule has 3 aromatic carbocycles. The van der Waals surface area contributed by atoms with E-state index in [0.29, 0.717) is 59.2 Å². The largest absolute Gasteiger partial charge is 0.493 e. The maximum atomic E-state index is 15.1. The number of aromatic nitrogens is 5. The summed E-state index contributed by atoms with van der Waals surface area (Å²) in [7, 11) is 5.23. The quantitative estimate of drug-likeness (QED) is 0.161. The molecule has 0 saturated carbocycles. The third-order valence-electron chi connectivity index (χ3n) is 9.47. The lowest BCUT2D eigenvalue weighted by molar-refractivity contribution is 0.0587. The van der Waals surface area contributed by atoms with Crippen LogP contribution in [0, 0.1) is 25.5 Å². The summed E-state index contributed by atoms with van der Waals surface area (Å²) >= 11 is 8.73. The van der Waals surface area contributed by atoms with Crippen LogP contribution in [0.5, 0.6) is 5.75 Å². The topological polar surface area (TPSA) is 76.1 Å². The zero-order valence-corrected chi connectivity index (χ0v) is 29.6. The highest BCUT2D eigenvalue weighted by molar-refractivity contribution is 7.97. The van der Waals surface area contributed by atoms with E-state index >= 15 is 4.39 Å². The Hall–Kier alpha value is -4.35. The number of aryl methyl sites for hydroxylation is 6. The molecule has 0 N–H and O–H groups in total. The van der Waals surface area contributed by atoms with Gasteiger partial charge in [-0.05, 0) is 86.7 Å². The molecule has 0 radical (unpaired) electrons. The van der Waals surface area contributed by atoms with Crippen LogP contribution in [0.1, 0.15) is 50.8 Å². The lowest BCUT2D eigenvalue weighted by Crippen LogP contribution is -2.13. The van der Waals surface area contributed by atoms with Gasteiger partial charge in [0, 0.05) is 81.4 Å². The number of hydrogen-bond donors (Lipinski definition) is 0. The number of nitrogens with zero attached hydrogens (tertiary/aromatic N) is 5. The number of hydrogen-bond acceptors (Lipinski definition) is 6. The van der Waals surface area contributed by atoms with Gasteiger partial charge in [0.15, 0.2) is 11.6 Å². The van der Waals surface area contributed by atoms with Gasteiger partial charge in [0.25, 0.3) is 0 Å². The normalized spacial score (nSPS) is 14.1. The highest BCUT2D eigenvalue weighted by atomic mass is 35.5.